The van der Waals surface area contributed by atoms with E-state index in [1.807, 2.05) is 18.2 Å². The van der Waals surface area contributed by atoms with Gasteiger partial charge in [0.1, 0.15) is 0 Å². The molecule has 1 aromatic carbocycles. The first-order valence-corrected chi connectivity index (χ1v) is 8.19. The Morgan fingerprint density at radius 3 is 3.05 bits per heavy atom. The number of nitrogens with zero attached hydrogens (tertiary/aromatic N) is 2. The number of rotatable bonds is 3. The number of amides is 1. The van der Waals surface area contributed by atoms with E-state index in [-0.39, 0.29) is 5.91 Å². The van der Waals surface area contributed by atoms with Gasteiger partial charge < -0.3 is 5.32 Å². The predicted molar refractivity (Wildman–Crippen MR) is 85.9 cm³/mol. The van der Waals surface area contributed by atoms with E-state index in [0.717, 1.165) is 45.9 Å². The second kappa shape index (κ2) is 5.18. The second-order valence-electron chi connectivity index (χ2n) is 5.65. The number of benzene rings is 1. The Hall–Kier alpha value is -1.82. The average Bonchev–Trinajstić information content (AvgIpc) is 3.25. The van der Waals surface area contributed by atoms with Crippen LogP contribution in [0.4, 0.5) is 5.69 Å². The van der Waals surface area contributed by atoms with E-state index >= 15 is 0 Å². The SMILES string of the molecule is O=C1Cc2ccc(C3=NNC(=NCC4CC4)SC3)cc2N1. The second-order valence-corrected chi connectivity index (χ2v) is 6.61. The van der Waals surface area contributed by atoms with Gasteiger partial charge in [0.15, 0.2) is 5.17 Å². The van der Waals surface area contributed by atoms with E-state index in [0.29, 0.717) is 6.42 Å². The summed E-state index contributed by atoms with van der Waals surface area (Å²) < 4.78 is 0. The van der Waals surface area contributed by atoms with Crippen LogP contribution in [0, 0.1) is 5.92 Å². The zero-order chi connectivity index (χ0) is 14.2. The zero-order valence-corrected chi connectivity index (χ0v) is 12.4. The minimum atomic E-state index is 0.0646. The van der Waals surface area contributed by atoms with Crippen LogP contribution >= 0.6 is 11.8 Å². The van der Waals surface area contributed by atoms with E-state index in [4.69, 9.17) is 0 Å². The highest BCUT2D eigenvalue weighted by atomic mass is 32.2. The molecule has 1 aromatic rings. The highest BCUT2D eigenvalue weighted by Gasteiger charge is 2.22. The van der Waals surface area contributed by atoms with Gasteiger partial charge in [-0.05, 0) is 30.4 Å². The molecule has 0 aromatic heterocycles. The molecule has 0 bridgehead atoms. The van der Waals surface area contributed by atoms with Crippen molar-refractivity contribution in [1.29, 1.82) is 0 Å². The number of thioether (sulfide) groups is 1. The largest absolute Gasteiger partial charge is 0.326 e. The van der Waals surface area contributed by atoms with Crippen molar-refractivity contribution in [2.24, 2.45) is 16.0 Å². The number of aliphatic imine (C=N–C) groups is 1. The topological polar surface area (TPSA) is 65.8 Å². The Labute approximate surface area is 127 Å². The van der Waals surface area contributed by atoms with Crippen LogP contribution in [-0.4, -0.2) is 29.1 Å². The lowest BCUT2D eigenvalue weighted by atomic mass is 10.1. The quantitative estimate of drug-likeness (QED) is 0.897. The van der Waals surface area contributed by atoms with Crippen molar-refractivity contribution in [1.82, 2.24) is 5.43 Å². The molecule has 0 radical (unpaired) electrons. The molecule has 1 amide bonds. The predicted octanol–water partition coefficient (Wildman–Crippen LogP) is 1.99. The summed E-state index contributed by atoms with van der Waals surface area (Å²) in [6.45, 7) is 0.922. The lowest BCUT2D eigenvalue weighted by molar-refractivity contribution is -0.115. The summed E-state index contributed by atoms with van der Waals surface area (Å²) in [5, 5.41) is 8.22. The van der Waals surface area contributed by atoms with Crippen molar-refractivity contribution in [2.45, 2.75) is 19.3 Å². The molecule has 21 heavy (non-hydrogen) atoms. The maximum Gasteiger partial charge on any atom is 0.228 e. The first-order valence-electron chi connectivity index (χ1n) is 7.21. The van der Waals surface area contributed by atoms with E-state index in [1.165, 1.54) is 12.8 Å². The minimum Gasteiger partial charge on any atom is -0.326 e. The van der Waals surface area contributed by atoms with Crippen molar-refractivity contribution < 1.29 is 4.79 Å². The van der Waals surface area contributed by atoms with Gasteiger partial charge in [0.25, 0.3) is 0 Å². The molecule has 0 spiro atoms. The van der Waals surface area contributed by atoms with Gasteiger partial charge >= 0.3 is 0 Å². The summed E-state index contributed by atoms with van der Waals surface area (Å²) in [6, 6.07) is 6.05. The number of carbonyl (C=O) groups is 1. The number of hydrogen-bond acceptors (Lipinski definition) is 4. The number of anilines is 1. The van der Waals surface area contributed by atoms with Gasteiger partial charge in [-0.15, -0.1) is 0 Å². The lowest BCUT2D eigenvalue weighted by Crippen LogP contribution is -2.25. The standard InChI is InChI=1S/C15H16N4OS/c20-14-6-11-4-3-10(5-12(11)17-14)13-8-21-15(19-18-13)16-7-9-1-2-9/h3-5,9H,1-2,6-8H2,(H,16,19)(H,17,20). The van der Waals surface area contributed by atoms with Crippen LogP contribution in [0.25, 0.3) is 0 Å². The highest BCUT2D eigenvalue weighted by molar-refractivity contribution is 8.14. The monoisotopic (exact) mass is 300 g/mol. The van der Waals surface area contributed by atoms with E-state index in [1.54, 1.807) is 11.8 Å². The Morgan fingerprint density at radius 2 is 2.29 bits per heavy atom. The maximum absolute atomic E-state index is 11.4. The minimum absolute atomic E-state index is 0.0646. The van der Waals surface area contributed by atoms with Crippen molar-refractivity contribution in [3.63, 3.8) is 0 Å². The molecule has 3 aliphatic rings. The molecule has 1 aliphatic carbocycles. The van der Waals surface area contributed by atoms with E-state index < -0.39 is 0 Å². The van der Waals surface area contributed by atoms with Crippen molar-refractivity contribution >= 4 is 34.2 Å². The Bertz CT molecular complexity index is 664. The van der Waals surface area contributed by atoms with Gasteiger partial charge in [-0.1, -0.05) is 23.9 Å². The molecule has 1 saturated carbocycles. The Kier molecular flexibility index (Phi) is 3.18. The maximum atomic E-state index is 11.4. The molecule has 2 heterocycles. The van der Waals surface area contributed by atoms with Gasteiger partial charge in [-0.2, -0.15) is 5.10 Å². The van der Waals surface area contributed by atoms with E-state index in [2.05, 4.69) is 20.8 Å². The molecule has 0 unspecified atom stereocenters. The van der Waals surface area contributed by atoms with Gasteiger partial charge in [0, 0.05) is 23.5 Å². The smallest absolute Gasteiger partial charge is 0.228 e. The summed E-state index contributed by atoms with van der Waals surface area (Å²) >= 11 is 1.69. The van der Waals surface area contributed by atoms with Crippen LogP contribution < -0.4 is 10.7 Å². The molecule has 2 N–H and O–H groups in total. The van der Waals surface area contributed by atoms with Crippen molar-refractivity contribution in [2.75, 3.05) is 17.6 Å². The van der Waals surface area contributed by atoms with E-state index in [9.17, 15) is 4.79 Å². The molecule has 0 saturated heterocycles. The fraction of sp³-hybridized carbons (Fsp3) is 0.400. The number of nitrogens with one attached hydrogen (secondary N) is 2. The fourth-order valence-corrected chi connectivity index (χ4v) is 3.23. The molecule has 4 rings (SSSR count). The number of fused-ring (bicyclic) bond motifs is 1. The molecule has 2 aliphatic heterocycles. The van der Waals surface area contributed by atoms with Crippen LogP contribution in [0.3, 0.4) is 0 Å². The summed E-state index contributed by atoms with van der Waals surface area (Å²) in [6.07, 6.45) is 3.11. The number of amidine groups is 1. The first-order chi connectivity index (χ1) is 10.3. The van der Waals surface area contributed by atoms with Crippen LogP contribution in [0.5, 0.6) is 0 Å². The molecule has 5 nitrogen and oxygen atoms in total. The summed E-state index contributed by atoms with van der Waals surface area (Å²) in [5.41, 5.74) is 7.07. The highest BCUT2D eigenvalue weighted by Crippen LogP contribution is 2.29. The zero-order valence-electron chi connectivity index (χ0n) is 11.6. The summed E-state index contributed by atoms with van der Waals surface area (Å²) in [5.74, 6) is 1.67. The third-order valence-electron chi connectivity index (χ3n) is 3.89. The lowest BCUT2D eigenvalue weighted by Gasteiger charge is -2.15. The Balaban J connectivity index is 1.48. The number of hydrogen-bond donors (Lipinski definition) is 2. The molecular formula is C15H16N4OS. The van der Waals surface area contributed by atoms with Gasteiger partial charge in [0.05, 0.1) is 12.1 Å². The van der Waals surface area contributed by atoms with Crippen LogP contribution in [0.2, 0.25) is 0 Å². The van der Waals surface area contributed by atoms with Crippen LogP contribution in [-0.2, 0) is 11.2 Å². The number of carbonyl (C=O) groups excluding carboxylic acids is 1. The molecular weight excluding hydrogens is 284 g/mol. The van der Waals surface area contributed by atoms with Crippen LogP contribution in [0.1, 0.15) is 24.0 Å². The van der Waals surface area contributed by atoms with Crippen molar-refractivity contribution in [3.05, 3.63) is 29.3 Å². The normalized spacial score (nSPS) is 22.6. The van der Waals surface area contributed by atoms with Crippen molar-refractivity contribution in [3.8, 4) is 0 Å². The number of hydrazone groups is 1. The summed E-state index contributed by atoms with van der Waals surface area (Å²) in [4.78, 5) is 15.9. The molecule has 6 heteroatoms. The van der Waals surface area contributed by atoms with Gasteiger partial charge in [-0.25, -0.2) is 0 Å². The first kappa shape index (κ1) is 12.9. The Morgan fingerprint density at radius 1 is 1.38 bits per heavy atom. The average molecular weight is 300 g/mol. The molecule has 1 fully saturated rings. The molecule has 108 valence electrons. The van der Waals surface area contributed by atoms with Gasteiger partial charge in [-0.3, -0.25) is 15.2 Å². The fourth-order valence-electron chi connectivity index (χ4n) is 2.45. The summed E-state index contributed by atoms with van der Waals surface area (Å²) in [7, 11) is 0. The van der Waals surface area contributed by atoms with Crippen LogP contribution in [0.15, 0.2) is 28.3 Å². The van der Waals surface area contributed by atoms with Gasteiger partial charge in [0.2, 0.25) is 5.91 Å². The third kappa shape index (κ3) is 2.81. The third-order valence-corrected chi connectivity index (χ3v) is 4.80. The molecule has 0 atom stereocenters.